The molecule has 0 fully saturated rings. The number of carbonyl (C=O) groups excluding carboxylic acids is 1. The molecule has 0 aromatic heterocycles. The third kappa shape index (κ3) is 5.24. The molecule has 1 unspecified atom stereocenters. The van der Waals surface area contributed by atoms with Crippen molar-refractivity contribution in [1.29, 1.82) is 0 Å². The van der Waals surface area contributed by atoms with Gasteiger partial charge in [0.1, 0.15) is 12.4 Å². The fraction of sp³-hybridized carbons (Fsp3) is 0.130. The lowest BCUT2D eigenvalue weighted by Crippen LogP contribution is -2.31. The second kappa shape index (κ2) is 9.21. The number of nitrogens with one attached hydrogen (secondary N) is 2. The van der Waals surface area contributed by atoms with Crippen molar-refractivity contribution >= 4 is 22.9 Å². The summed E-state index contributed by atoms with van der Waals surface area (Å²) in [4.78, 5) is 16.8. The van der Waals surface area contributed by atoms with E-state index in [1.54, 1.807) is 12.1 Å². The minimum atomic E-state index is -4.38. The van der Waals surface area contributed by atoms with Gasteiger partial charge in [-0.3, -0.25) is 9.63 Å². The number of hydrogen-bond acceptors (Lipinski definition) is 6. The van der Waals surface area contributed by atoms with Gasteiger partial charge < -0.3 is 9.84 Å². The smallest absolute Gasteiger partial charge is 0.416 e. The fourth-order valence-corrected chi connectivity index (χ4v) is 3.18. The first-order chi connectivity index (χ1) is 15.8. The molecule has 0 saturated carbocycles. The molecule has 1 aliphatic heterocycles. The highest BCUT2D eigenvalue weighted by Gasteiger charge is 2.30. The van der Waals surface area contributed by atoms with Crippen LogP contribution in [0.15, 0.2) is 77.7 Å². The van der Waals surface area contributed by atoms with Gasteiger partial charge in [0.05, 0.1) is 11.8 Å². The zero-order valence-electron chi connectivity index (χ0n) is 17.0. The number of aliphatic hydroxyl groups excluding tert-OH is 1. The summed E-state index contributed by atoms with van der Waals surface area (Å²) in [5.74, 6) is -0.265. The van der Waals surface area contributed by atoms with E-state index in [1.165, 1.54) is 24.4 Å². The molecule has 33 heavy (non-hydrogen) atoms. The van der Waals surface area contributed by atoms with Gasteiger partial charge in [-0.1, -0.05) is 36.4 Å². The van der Waals surface area contributed by atoms with Crippen molar-refractivity contribution in [2.45, 2.75) is 18.9 Å². The van der Waals surface area contributed by atoms with E-state index in [4.69, 9.17) is 9.57 Å². The van der Waals surface area contributed by atoms with Gasteiger partial charge in [0.25, 0.3) is 5.91 Å². The van der Waals surface area contributed by atoms with Crippen LogP contribution >= 0.6 is 0 Å². The summed E-state index contributed by atoms with van der Waals surface area (Å²) < 4.78 is 44.0. The van der Waals surface area contributed by atoms with E-state index in [-0.39, 0.29) is 12.5 Å². The number of aliphatic hydroxyl groups is 1. The van der Waals surface area contributed by atoms with Crippen molar-refractivity contribution in [2.24, 2.45) is 5.10 Å². The molecule has 10 heteroatoms. The second-order valence-corrected chi connectivity index (χ2v) is 7.11. The van der Waals surface area contributed by atoms with Crippen LogP contribution in [0.3, 0.4) is 0 Å². The highest BCUT2D eigenvalue weighted by molar-refractivity contribution is 6.02. The lowest BCUT2D eigenvalue weighted by atomic mass is 10.0. The maximum atomic E-state index is 12.7. The number of hydrazone groups is 1. The average Bonchev–Trinajstić information content (AvgIpc) is 3.24. The maximum absolute atomic E-state index is 12.7. The Kier molecular flexibility index (Phi) is 6.18. The van der Waals surface area contributed by atoms with Crippen LogP contribution in [0.5, 0.6) is 5.75 Å². The standard InChI is InChI=1S/C23H18F3N3O4/c24-23(25,26)16-8-5-14(6-9-16)13-32-19-10-7-15(17-3-1-2-4-18(17)19)12-27-28-22(31)20-11-21(30)29-33-20/h1-12,20,29-30H,13H2,(H,28,31). The molecule has 3 aromatic rings. The summed E-state index contributed by atoms with van der Waals surface area (Å²) in [5.41, 5.74) is 5.09. The van der Waals surface area contributed by atoms with E-state index >= 15 is 0 Å². The van der Waals surface area contributed by atoms with E-state index in [0.717, 1.165) is 22.9 Å². The maximum Gasteiger partial charge on any atom is 0.416 e. The Morgan fingerprint density at radius 1 is 1.12 bits per heavy atom. The topological polar surface area (TPSA) is 92.2 Å². The number of ether oxygens (including phenoxy) is 1. The number of hydroxylamine groups is 1. The number of amides is 1. The molecule has 0 spiro atoms. The van der Waals surface area contributed by atoms with Crippen LogP contribution in [0.4, 0.5) is 13.2 Å². The van der Waals surface area contributed by atoms with Gasteiger partial charge in [0.2, 0.25) is 5.88 Å². The van der Waals surface area contributed by atoms with Crippen molar-refractivity contribution in [3.05, 3.63) is 89.3 Å². The Bertz CT molecular complexity index is 1220. The van der Waals surface area contributed by atoms with Crippen molar-refractivity contribution in [1.82, 2.24) is 10.9 Å². The number of fused-ring (bicyclic) bond motifs is 1. The number of carbonyl (C=O) groups is 1. The number of nitrogens with zero attached hydrogens (tertiary/aromatic N) is 1. The van der Waals surface area contributed by atoms with Crippen LogP contribution in [0.2, 0.25) is 0 Å². The third-order valence-corrected chi connectivity index (χ3v) is 4.83. The van der Waals surface area contributed by atoms with Gasteiger partial charge in [-0.2, -0.15) is 18.3 Å². The Balaban J connectivity index is 1.46. The first-order valence-corrected chi connectivity index (χ1v) is 9.77. The van der Waals surface area contributed by atoms with Gasteiger partial charge in [0.15, 0.2) is 6.10 Å². The predicted octanol–water partition coefficient (Wildman–Crippen LogP) is 4.19. The van der Waals surface area contributed by atoms with Crippen molar-refractivity contribution in [3.63, 3.8) is 0 Å². The van der Waals surface area contributed by atoms with E-state index in [1.807, 2.05) is 24.3 Å². The molecule has 3 N–H and O–H groups in total. The monoisotopic (exact) mass is 457 g/mol. The predicted molar refractivity (Wildman–Crippen MR) is 114 cm³/mol. The Labute approximate surface area is 186 Å². The number of benzene rings is 3. The summed E-state index contributed by atoms with van der Waals surface area (Å²) in [6.07, 6.45) is -2.72. The molecule has 4 rings (SSSR count). The van der Waals surface area contributed by atoms with Gasteiger partial charge >= 0.3 is 6.18 Å². The minimum absolute atomic E-state index is 0.0986. The van der Waals surface area contributed by atoms with Gasteiger partial charge in [-0.25, -0.2) is 10.9 Å². The first-order valence-electron chi connectivity index (χ1n) is 9.77. The molecule has 1 atom stereocenters. The average molecular weight is 457 g/mol. The molecule has 0 saturated heterocycles. The Hall–Kier alpha value is -4.05. The van der Waals surface area contributed by atoms with Crippen LogP contribution in [0, 0.1) is 0 Å². The van der Waals surface area contributed by atoms with E-state index in [9.17, 15) is 23.1 Å². The number of rotatable bonds is 6. The number of halogens is 3. The Morgan fingerprint density at radius 2 is 1.85 bits per heavy atom. The highest BCUT2D eigenvalue weighted by atomic mass is 19.4. The third-order valence-electron chi connectivity index (χ3n) is 4.83. The molecule has 1 aliphatic rings. The molecule has 1 amide bonds. The van der Waals surface area contributed by atoms with Crippen molar-refractivity contribution in [3.8, 4) is 5.75 Å². The molecular formula is C23H18F3N3O4. The highest BCUT2D eigenvalue weighted by Crippen LogP contribution is 2.30. The summed E-state index contributed by atoms with van der Waals surface area (Å²) >= 11 is 0. The van der Waals surface area contributed by atoms with Crippen LogP contribution in [0.25, 0.3) is 10.8 Å². The van der Waals surface area contributed by atoms with Gasteiger partial charge in [0, 0.05) is 17.0 Å². The molecule has 0 bridgehead atoms. The number of alkyl halides is 3. The lowest BCUT2D eigenvalue weighted by molar-refractivity contribution is -0.137. The zero-order chi connectivity index (χ0) is 23.4. The molecule has 1 heterocycles. The van der Waals surface area contributed by atoms with Gasteiger partial charge in [-0.05, 0) is 35.2 Å². The minimum Gasteiger partial charge on any atom is -0.494 e. The van der Waals surface area contributed by atoms with E-state index < -0.39 is 23.8 Å². The first kappa shape index (κ1) is 22.2. The molecular weight excluding hydrogens is 439 g/mol. The summed E-state index contributed by atoms with van der Waals surface area (Å²) in [6.45, 7) is 0.0986. The molecule has 0 aliphatic carbocycles. The lowest BCUT2D eigenvalue weighted by Gasteiger charge is -2.12. The molecule has 0 radical (unpaired) electrons. The van der Waals surface area contributed by atoms with Crippen LogP contribution in [-0.2, 0) is 22.4 Å². The SMILES string of the molecule is O=C(NN=Cc1ccc(OCc2ccc(C(F)(F)F)cc2)c2ccccc12)C1C=C(O)NO1. The summed E-state index contributed by atoms with van der Waals surface area (Å²) in [6, 6.07) is 15.7. The Morgan fingerprint density at radius 3 is 2.52 bits per heavy atom. The van der Waals surface area contributed by atoms with Crippen molar-refractivity contribution in [2.75, 3.05) is 0 Å². The quantitative estimate of drug-likeness (QED) is 0.381. The second-order valence-electron chi connectivity index (χ2n) is 7.11. The van der Waals surface area contributed by atoms with E-state index in [2.05, 4.69) is 16.0 Å². The van der Waals surface area contributed by atoms with Gasteiger partial charge in [-0.15, -0.1) is 0 Å². The summed E-state index contributed by atoms with van der Waals surface area (Å²) in [7, 11) is 0. The number of hydrogen-bond donors (Lipinski definition) is 3. The van der Waals surface area contributed by atoms with E-state index in [0.29, 0.717) is 16.9 Å². The van der Waals surface area contributed by atoms with Crippen LogP contribution in [-0.4, -0.2) is 23.3 Å². The van der Waals surface area contributed by atoms with Crippen LogP contribution < -0.4 is 15.6 Å². The molecule has 3 aromatic carbocycles. The largest absolute Gasteiger partial charge is 0.494 e. The normalized spacial score (nSPS) is 16.0. The molecule has 170 valence electrons. The van der Waals surface area contributed by atoms with Crippen molar-refractivity contribution < 1.29 is 32.6 Å². The molecule has 7 nitrogen and oxygen atoms in total. The van der Waals surface area contributed by atoms with Crippen LogP contribution in [0.1, 0.15) is 16.7 Å². The zero-order valence-corrected chi connectivity index (χ0v) is 17.0. The summed E-state index contributed by atoms with van der Waals surface area (Å²) in [5, 5.41) is 14.7. The fourth-order valence-electron chi connectivity index (χ4n) is 3.18.